The van der Waals surface area contributed by atoms with Crippen molar-refractivity contribution in [1.29, 1.82) is 5.26 Å². The molecule has 5 nitrogen and oxygen atoms in total. The van der Waals surface area contributed by atoms with Gasteiger partial charge in [-0.25, -0.2) is 0 Å². The molecule has 0 unspecified atom stereocenters. The highest BCUT2D eigenvalue weighted by atomic mass is 79.9. The van der Waals surface area contributed by atoms with Gasteiger partial charge in [-0.3, -0.25) is 14.2 Å². The molecule has 2 aromatic carbocycles. The summed E-state index contributed by atoms with van der Waals surface area (Å²) in [5.74, 6) is -0.437. The first-order chi connectivity index (χ1) is 13.0. The van der Waals surface area contributed by atoms with Gasteiger partial charge in [0.1, 0.15) is 5.56 Å². The second kappa shape index (κ2) is 8.02. The van der Waals surface area contributed by atoms with Crippen LogP contribution in [0, 0.1) is 18.3 Å². The summed E-state index contributed by atoms with van der Waals surface area (Å²) in [6.07, 6.45) is 0. The van der Waals surface area contributed by atoms with E-state index in [-0.39, 0.29) is 5.56 Å². The number of hydrogen-bond donors (Lipinski definition) is 1. The number of aromatic nitrogens is 1. The lowest BCUT2D eigenvalue weighted by atomic mass is 10.1. The Labute approximate surface area is 165 Å². The van der Waals surface area contributed by atoms with E-state index in [0.29, 0.717) is 23.5 Å². The third kappa shape index (κ3) is 4.15. The highest BCUT2D eigenvalue weighted by Crippen LogP contribution is 2.12. The van der Waals surface area contributed by atoms with Crippen LogP contribution in [0.4, 0.5) is 0 Å². The first-order valence-corrected chi connectivity index (χ1v) is 9.05. The van der Waals surface area contributed by atoms with Crippen LogP contribution >= 0.6 is 15.9 Å². The van der Waals surface area contributed by atoms with Gasteiger partial charge in [-0.1, -0.05) is 34.1 Å². The molecular weight excluding hydrogens is 406 g/mol. The summed E-state index contributed by atoms with van der Waals surface area (Å²) in [4.78, 5) is 25.4. The number of nitriles is 1. The van der Waals surface area contributed by atoms with E-state index in [0.717, 1.165) is 10.0 Å². The molecule has 0 saturated heterocycles. The predicted octanol–water partition coefficient (Wildman–Crippen LogP) is 3.71. The molecule has 3 aromatic rings. The zero-order valence-corrected chi connectivity index (χ0v) is 16.2. The van der Waals surface area contributed by atoms with Crippen molar-refractivity contribution >= 4 is 21.8 Å². The normalized spacial score (nSPS) is 10.3. The number of pyridine rings is 1. The SMILES string of the molecule is Cc1ccc(C(=O)NCc2ccc(Br)cc2)c(=O)n1-c1cccc(C#N)c1. The standard InChI is InChI=1S/C21H16BrN3O2/c1-14-5-10-19(20(26)24-13-15-6-8-17(22)9-7-15)21(27)25(14)18-4-2-3-16(11-18)12-23/h2-11H,13H2,1H3,(H,24,26). The Bertz CT molecular complexity index is 1100. The highest BCUT2D eigenvalue weighted by molar-refractivity contribution is 9.10. The zero-order chi connectivity index (χ0) is 19.4. The quantitative estimate of drug-likeness (QED) is 0.697. The first-order valence-electron chi connectivity index (χ1n) is 8.25. The number of amides is 1. The van der Waals surface area contributed by atoms with Gasteiger partial charge in [0.05, 0.1) is 17.3 Å². The van der Waals surface area contributed by atoms with E-state index in [1.165, 1.54) is 10.6 Å². The van der Waals surface area contributed by atoms with Gasteiger partial charge in [0, 0.05) is 16.7 Å². The average Bonchev–Trinajstić information content (AvgIpc) is 2.67. The van der Waals surface area contributed by atoms with Gasteiger partial charge in [-0.15, -0.1) is 0 Å². The monoisotopic (exact) mass is 421 g/mol. The minimum Gasteiger partial charge on any atom is -0.348 e. The fraction of sp³-hybridized carbons (Fsp3) is 0.0952. The van der Waals surface area contributed by atoms with Crippen LogP contribution in [0.15, 0.2) is 69.9 Å². The Kier molecular flexibility index (Phi) is 5.53. The molecule has 0 spiro atoms. The molecule has 3 rings (SSSR count). The fourth-order valence-corrected chi connectivity index (χ4v) is 2.98. The van der Waals surface area contributed by atoms with E-state index >= 15 is 0 Å². The van der Waals surface area contributed by atoms with Gasteiger partial charge >= 0.3 is 0 Å². The highest BCUT2D eigenvalue weighted by Gasteiger charge is 2.15. The summed E-state index contributed by atoms with van der Waals surface area (Å²) >= 11 is 3.37. The number of carbonyl (C=O) groups is 1. The van der Waals surface area contributed by atoms with Gasteiger partial charge in [0.25, 0.3) is 11.5 Å². The summed E-state index contributed by atoms with van der Waals surface area (Å²) < 4.78 is 2.40. The number of nitrogens with one attached hydrogen (secondary N) is 1. The minimum atomic E-state index is -0.437. The third-order valence-electron chi connectivity index (χ3n) is 4.12. The summed E-state index contributed by atoms with van der Waals surface area (Å²) in [7, 11) is 0. The topological polar surface area (TPSA) is 74.9 Å². The van der Waals surface area contributed by atoms with Crippen LogP contribution in [0.1, 0.15) is 27.2 Å². The summed E-state index contributed by atoms with van der Waals surface area (Å²) in [5.41, 5.74) is 2.25. The third-order valence-corrected chi connectivity index (χ3v) is 4.65. The molecule has 0 aliphatic carbocycles. The average molecular weight is 422 g/mol. The lowest BCUT2D eigenvalue weighted by Crippen LogP contribution is -2.33. The van der Waals surface area contributed by atoms with E-state index in [4.69, 9.17) is 5.26 Å². The number of nitrogens with zero attached hydrogens (tertiary/aromatic N) is 2. The van der Waals surface area contributed by atoms with Crippen molar-refractivity contribution in [2.45, 2.75) is 13.5 Å². The Morgan fingerprint density at radius 1 is 1.15 bits per heavy atom. The maximum Gasteiger partial charge on any atom is 0.268 e. The Morgan fingerprint density at radius 3 is 2.59 bits per heavy atom. The molecule has 0 bridgehead atoms. The molecular formula is C21H16BrN3O2. The Morgan fingerprint density at radius 2 is 1.89 bits per heavy atom. The fourth-order valence-electron chi connectivity index (χ4n) is 2.72. The molecule has 0 atom stereocenters. The Hall–Kier alpha value is -3.17. The molecule has 134 valence electrons. The second-order valence-electron chi connectivity index (χ2n) is 6.00. The summed E-state index contributed by atoms with van der Waals surface area (Å²) in [5, 5.41) is 11.9. The maximum atomic E-state index is 12.9. The van der Waals surface area contributed by atoms with E-state index < -0.39 is 11.5 Å². The van der Waals surface area contributed by atoms with Crippen molar-refractivity contribution < 1.29 is 4.79 Å². The number of carbonyl (C=O) groups excluding carboxylic acids is 1. The smallest absolute Gasteiger partial charge is 0.268 e. The molecule has 0 saturated carbocycles. The van der Waals surface area contributed by atoms with Crippen molar-refractivity contribution in [2.24, 2.45) is 0 Å². The number of benzene rings is 2. The number of hydrogen-bond acceptors (Lipinski definition) is 3. The van der Waals surface area contributed by atoms with Crippen molar-refractivity contribution in [3.63, 3.8) is 0 Å². The van der Waals surface area contributed by atoms with E-state index in [1.807, 2.05) is 24.3 Å². The lowest BCUT2D eigenvalue weighted by Gasteiger charge is -2.12. The van der Waals surface area contributed by atoms with Gasteiger partial charge in [-0.2, -0.15) is 5.26 Å². The molecule has 0 radical (unpaired) electrons. The minimum absolute atomic E-state index is 0.0556. The maximum absolute atomic E-state index is 12.9. The van der Waals surface area contributed by atoms with E-state index in [1.54, 1.807) is 37.3 Å². The van der Waals surface area contributed by atoms with E-state index in [2.05, 4.69) is 27.3 Å². The number of aryl methyl sites for hydroxylation is 1. The molecule has 27 heavy (non-hydrogen) atoms. The van der Waals surface area contributed by atoms with Gasteiger partial charge in [0.15, 0.2) is 0 Å². The van der Waals surface area contributed by atoms with Crippen LogP contribution in [0.25, 0.3) is 5.69 Å². The lowest BCUT2D eigenvalue weighted by molar-refractivity contribution is 0.0949. The van der Waals surface area contributed by atoms with Gasteiger partial charge in [-0.05, 0) is 55.0 Å². The molecule has 0 aliphatic heterocycles. The van der Waals surface area contributed by atoms with Gasteiger partial charge in [0.2, 0.25) is 0 Å². The zero-order valence-electron chi connectivity index (χ0n) is 14.6. The van der Waals surface area contributed by atoms with Crippen molar-refractivity contribution in [1.82, 2.24) is 9.88 Å². The molecule has 0 fully saturated rings. The molecule has 1 heterocycles. The molecule has 1 N–H and O–H groups in total. The van der Waals surface area contributed by atoms with Crippen LogP contribution in [-0.2, 0) is 6.54 Å². The second-order valence-corrected chi connectivity index (χ2v) is 6.92. The van der Waals surface area contributed by atoms with Crippen LogP contribution in [0.5, 0.6) is 0 Å². The molecule has 1 amide bonds. The van der Waals surface area contributed by atoms with Crippen LogP contribution in [0.3, 0.4) is 0 Å². The van der Waals surface area contributed by atoms with Crippen molar-refractivity contribution in [3.05, 3.63) is 97.9 Å². The summed E-state index contributed by atoms with van der Waals surface area (Å²) in [6, 6.07) is 19.6. The Balaban J connectivity index is 1.90. The van der Waals surface area contributed by atoms with E-state index in [9.17, 15) is 9.59 Å². The van der Waals surface area contributed by atoms with Crippen LogP contribution in [0.2, 0.25) is 0 Å². The van der Waals surface area contributed by atoms with Crippen LogP contribution < -0.4 is 10.9 Å². The molecule has 6 heteroatoms. The largest absolute Gasteiger partial charge is 0.348 e. The molecule has 1 aromatic heterocycles. The van der Waals surface area contributed by atoms with Crippen molar-refractivity contribution in [2.75, 3.05) is 0 Å². The number of halogens is 1. The molecule has 0 aliphatic rings. The summed E-state index contributed by atoms with van der Waals surface area (Å²) in [6.45, 7) is 2.10. The van der Waals surface area contributed by atoms with Crippen molar-refractivity contribution in [3.8, 4) is 11.8 Å². The first kappa shape index (κ1) is 18.6. The predicted molar refractivity (Wildman–Crippen MR) is 107 cm³/mol. The van der Waals surface area contributed by atoms with Gasteiger partial charge < -0.3 is 5.32 Å². The van der Waals surface area contributed by atoms with Crippen LogP contribution in [-0.4, -0.2) is 10.5 Å². The number of rotatable bonds is 4.